The van der Waals surface area contributed by atoms with E-state index in [2.05, 4.69) is 25.5 Å². The first-order valence-corrected chi connectivity index (χ1v) is 7.01. The average Bonchev–Trinajstić information content (AvgIpc) is 2.09. The van der Waals surface area contributed by atoms with Gasteiger partial charge >= 0.3 is 0 Å². The van der Waals surface area contributed by atoms with E-state index in [0.717, 1.165) is 0 Å². The fraction of sp³-hybridized carbons (Fsp3) is 1.00. The molecule has 0 aromatic heterocycles. The number of nitrogens with one attached hydrogen (secondary N) is 1. The highest BCUT2D eigenvalue weighted by molar-refractivity contribution is 7.89. The van der Waals surface area contributed by atoms with Crippen molar-refractivity contribution in [3.63, 3.8) is 0 Å². The first-order chi connectivity index (χ1) is 6.69. The summed E-state index contributed by atoms with van der Waals surface area (Å²) >= 11 is 0. The number of sulfonamides is 1. The van der Waals surface area contributed by atoms with Gasteiger partial charge in [-0.05, 0) is 24.3 Å². The second-order valence-corrected chi connectivity index (χ2v) is 7.00. The molecule has 0 radical (unpaired) electrons. The zero-order chi connectivity index (χ0) is 12.1. The van der Waals surface area contributed by atoms with Crippen molar-refractivity contribution in [1.29, 1.82) is 0 Å². The van der Waals surface area contributed by atoms with Crippen LogP contribution in [0.1, 0.15) is 34.1 Å². The van der Waals surface area contributed by atoms with E-state index in [1.54, 1.807) is 0 Å². The molecular weight excluding hydrogens is 212 g/mol. The van der Waals surface area contributed by atoms with Crippen LogP contribution in [0.15, 0.2) is 0 Å². The second kappa shape index (κ2) is 5.82. The van der Waals surface area contributed by atoms with E-state index >= 15 is 0 Å². The molecule has 0 aromatic rings. The summed E-state index contributed by atoms with van der Waals surface area (Å²) in [6.07, 6.45) is 0.513. The number of rotatable bonds is 6. The van der Waals surface area contributed by atoms with Gasteiger partial charge in [0.2, 0.25) is 10.0 Å². The first kappa shape index (κ1) is 14.9. The van der Waals surface area contributed by atoms with Gasteiger partial charge in [-0.1, -0.05) is 27.7 Å². The normalized spacial score (nSPS) is 15.3. The van der Waals surface area contributed by atoms with Crippen LogP contribution in [0.4, 0.5) is 0 Å². The average molecular weight is 236 g/mol. The number of hydrogen-bond donors (Lipinski definition) is 2. The van der Waals surface area contributed by atoms with Gasteiger partial charge in [-0.15, -0.1) is 0 Å². The largest absolute Gasteiger partial charge is 0.330 e. The Hall–Kier alpha value is -0.130. The van der Waals surface area contributed by atoms with Crippen molar-refractivity contribution >= 4 is 10.0 Å². The summed E-state index contributed by atoms with van der Waals surface area (Å²) in [6.45, 7) is 9.27. The molecule has 0 fully saturated rings. The number of nitrogens with two attached hydrogens (primary N) is 1. The molecule has 0 spiro atoms. The van der Waals surface area contributed by atoms with Crippen LogP contribution >= 0.6 is 0 Å². The lowest BCUT2D eigenvalue weighted by atomic mass is 9.82. The predicted molar refractivity (Wildman–Crippen MR) is 64.1 cm³/mol. The van der Waals surface area contributed by atoms with Crippen LogP contribution in [0.3, 0.4) is 0 Å². The summed E-state index contributed by atoms with van der Waals surface area (Å²) in [7, 11) is -3.13. The molecule has 1 atom stereocenters. The van der Waals surface area contributed by atoms with E-state index in [-0.39, 0.29) is 11.2 Å². The van der Waals surface area contributed by atoms with Gasteiger partial charge in [0.25, 0.3) is 0 Å². The van der Waals surface area contributed by atoms with Gasteiger partial charge < -0.3 is 5.73 Å². The van der Waals surface area contributed by atoms with E-state index in [9.17, 15) is 8.42 Å². The van der Waals surface area contributed by atoms with E-state index in [0.29, 0.717) is 25.4 Å². The summed E-state index contributed by atoms with van der Waals surface area (Å²) < 4.78 is 25.5. The highest BCUT2D eigenvalue weighted by Gasteiger charge is 2.21. The van der Waals surface area contributed by atoms with Crippen molar-refractivity contribution in [2.75, 3.05) is 18.8 Å². The Morgan fingerprint density at radius 2 is 1.87 bits per heavy atom. The van der Waals surface area contributed by atoms with Crippen LogP contribution < -0.4 is 10.5 Å². The zero-order valence-corrected chi connectivity index (χ0v) is 11.0. The van der Waals surface area contributed by atoms with Crippen LogP contribution in [0.5, 0.6) is 0 Å². The maximum Gasteiger partial charge on any atom is 0.211 e. The Bertz CT molecular complexity index is 268. The molecule has 0 heterocycles. The van der Waals surface area contributed by atoms with Crippen molar-refractivity contribution in [2.24, 2.45) is 17.1 Å². The quantitative estimate of drug-likeness (QED) is 0.721. The fourth-order valence-corrected chi connectivity index (χ4v) is 2.10. The Morgan fingerprint density at radius 1 is 1.33 bits per heavy atom. The van der Waals surface area contributed by atoms with Gasteiger partial charge in [0.05, 0.1) is 5.75 Å². The summed E-state index contributed by atoms with van der Waals surface area (Å²) in [5, 5.41) is 0. The van der Waals surface area contributed by atoms with Gasteiger partial charge in [0, 0.05) is 6.54 Å². The lowest BCUT2D eigenvalue weighted by molar-refractivity contribution is 0.263. The molecule has 3 N–H and O–H groups in total. The van der Waals surface area contributed by atoms with Crippen LogP contribution in [0, 0.1) is 11.3 Å². The molecule has 5 heteroatoms. The van der Waals surface area contributed by atoms with Crippen molar-refractivity contribution in [2.45, 2.75) is 34.1 Å². The molecule has 1 unspecified atom stereocenters. The minimum absolute atomic E-state index is 0.121. The predicted octanol–water partition coefficient (Wildman–Crippen LogP) is 0.937. The van der Waals surface area contributed by atoms with E-state index in [1.807, 2.05) is 6.92 Å². The molecule has 0 aliphatic heterocycles. The minimum atomic E-state index is -3.13. The third kappa shape index (κ3) is 6.87. The molecule has 15 heavy (non-hydrogen) atoms. The third-order valence-corrected chi connectivity index (χ3v) is 4.14. The van der Waals surface area contributed by atoms with Gasteiger partial charge in [0.1, 0.15) is 0 Å². The van der Waals surface area contributed by atoms with Crippen LogP contribution in [0.25, 0.3) is 0 Å². The van der Waals surface area contributed by atoms with Crippen LogP contribution in [-0.4, -0.2) is 27.3 Å². The second-order valence-electron chi connectivity index (χ2n) is 5.08. The fourth-order valence-electron chi connectivity index (χ4n) is 0.904. The summed E-state index contributed by atoms with van der Waals surface area (Å²) in [5.41, 5.74) is 5.39. The molecule has 0 aliphatic carbocycles. The maximum absolute atomic E-state index is 11.5. The summed E-state index contributed by atoms with van der Waals surface area (Å²) in [6, 6.07) is 0. The van der Waals surface area contributed by atoms with Crippen molar-refractivity contribution in [1.82, 2.24) is 4.72 Å². The van der Waals surface area contributed by atoms with Crippen molar-refractivity contribution in [3.05, 3.63) is 0 Å². The molecule has 0 amide bonds. The molecule has 0 bridgehead atoms. The minimum Gasteiger partial charge on any atom is -0.330 e. The first-order valence-electron chi connectivity index (χ1n) is 5.36. The molecule has 0 rings (SSSR count). The number of hydrogen-bond acceptors (Lipinski definition) is 3. The molecule has 0 saturated carbocycles. The standard InChI is InChI=1S/C10H24N2O2S/c1-9(10(2,3)4)8-12-15(13,14)7-5-6-11/h9,12H,5-8,11H2,1-4H3. The van der Waals surface area contributed by atoms with E-state index in [4.69, 9.17) is 5.73 Å². The molecule has 4 nitrogen and oxygen atoms in total. The SMILES string of the molecule is CC(CNS(=O)(=O)CCCN)C(C)(C)C. The van der Waals surface area contributed by atoms with Gasteiger partial charge in [-0.2, -0.15) is 0 Å². The van der Waals surface area contributed by atoms with E-state index in [1.165, 1.54) is 0 Å². The lowest BCUT2D eigenvalue weighted by Crippen LogP contribution is -2.35. The monoisotopic (exact) mass is 236 g/mol. The van der Waals surface area contributed by atoms with Gasteiger partial charge in [-0.25, -0.2) is 13.1 Å². The summed E-state index contributed by atoms with van der Waals surface area (Å²) in [5.74, 6) is 0.436. The Labute approximate surface area is 93.7 Å². The van der Waals surface area contributed by atoms with Gasteiger partial charge in [-0.3, -0.25) is 0 Å². The molecule has 0 saturated heterocycles. The van der Waals surface area contributed by atoms with Crippen LogP contribution in [-0.2, 0) is 10.0 Å². The lowest BCUT2D eigenvalue weighted by Gasteiger charge is -2.27. The maximum atomic E-state index is 11.5. The highest BCUT2D eigenvalue weighted by Crippen LogP contribution is 2.24. The summed E-state index contributed by atoms with van der Waals surface area (Å²) in [4.78, 5) is 0. The Morgan fingerprint density at radius 3 is 2.27 bits per heavy atom. The Balaban J connectivity index is 4.05. The van der Waals surface area contributed by atoms with Crippen LogP contribution in [0.2, 0.25) is 0 Å². The Kier molecular flexibility index (Phi) is 5.77. The topological polar surface area (TPSA) is 72.2 Å². The highest BCUT2D eigenvalue weighted by atomic mass is 32.2. The molecule has 92 valence electrons. The zero-order valence-electron chi connectivity index (χ0n) is 10.2. The van der Waals surface area contributed by atoms with E-state index < -0.39 is 10.0 Å². The van der Waals surface area contributed by atoms with Crippen molar-refractivity contribution in [3.8, 4) is 0 Å². The smallest absolute Gasteiger partial charge is 0.211 e. The van der Waals surface area contributed by atoms with Crippen molar-refractivity contribution < 1.29 is 8.42 Å². The molecule has 0 aliphatic rings. The third-order valence-electron chi connectivity index (χ3n) is 2.71. The molecular formula is C10H24N2O2S. The molecule has 0 aromatic carbocycles. The van der Waals surface area contributed by atoms with Gasteiger partial charge in [0.15, 0.2) is 0 Å².